The highest BCUT2D eigenvalue weighted by Crippen LogP contribution is 2.28. The normalized spacial score (nSPS) is 10.8. The molecule has 0 saturated heterocycles. The predicted octanol–water partition coefficient (Wildman–Crippen LogP) is 3.74. The van der Waals surface area contributed by atoms with Crippen molar-refractivity contribution in [2.24, 2.45) is 0 Å². The van der Waals surface area contributed by atoms with Crippen molar-refractivity contribution in [1.29, 1.82) is 0 Å². The van der Waals surface area contributed by atoms with Crippen LogP contribution in [0.5, 0.6) is 0 Å². The molecule has 0 bridgehead atoms. The summed E-state index contributed by atoms with van der Waals surface area (Å²) in [6, 6.07) is 8.00. The van der Waals surface area contributed by atoms with Gasteiger partial charge >= 0.3 is 5.82 Å². The van der Waals surface area contributed by atoms with E-state index >= 15 is 0 Å². The molecule has 0 saturated carbocycles. The van der Waals surface area contributed by atoms with E-state index in [1.807, 2.05) is 24.3 Å². The lowest BCUT2D eigenvalue weighted by Gasteiger charge is -2.07. The highest BCUT2D eigenvalue weighted by molar-refractivity contribution is 7.15. The summed E-state index contributed by atoms with van der Waals surface area (Å²) in [5.74, 6) is 0.275. The Morgan fingerprint density at radius 3 is 2.78 bits per heavy atom. The zero-order chi connectivity index (χ0) is 16.2. The van der Waals surface area contributed by atoms with E-state index < -0.39 is 4.92 Å². The quantitative estimate of drug-likeness (QED) is 0.509. The van der Waals surface area contributed by atoms with Crippen LogP contribution in [0.3, 0.4) is 0 Å². The zero-order valence-corrected chi connectivity index (χ0v) is 13.5. The third kappa shape index (κ3) is 3.26. The number of nitrogens with one attached hydrogen (secondary N) is 2. The lowest BCUT2D eigenvalue weighted by Crippen LogP contribution is -2.04. The monoisotopic (exact) mass is 331 g/mol. The van der Waals surface area contributed by atoms with Crippen LogP contribution in [0.2, 0.25) is 0 Å². The molecule has 2 N–H and O–H groups in total. The van der Waals surface area contributed by atoms with Crippen molar-refractivity contribution >= 4 is 33.6 Å². The van der Waals surface area contributed by atoms with Crippen LogP contribution >= 0.6 is 11.3 Å². The van der Waals surface area contributed by atoms with Gasteiger partial charge in [-0.25, -0.2) is 0 Å². The summed E-state index contributed by atoms with van der Waals surface area (Å²) in [6.07, 6.45) is 2.73. The molecule has 7 nitrogen and oxygen atoms in total. The van der Waals surface area contributed by atoms with Gasteiger partial charge in [0.2, 0.25) is 5.82 Å². The molecule has 3 rings (SSSR count). The van der Waals surface area contributed by atoms with Crippen molar-refractivity contribution in [1.82, 2.24) is 9.38 Å². The summed E-state index contributed by atoms with van der Waals surface area (Å²) in [6.45, 7) is 3.54. The second-order valence-corrected chi connectivity index (χ2v) is 5.95. The first kappa shape index (κ1) is 15.3. The highest BCUT2D eigenvalue weighted by atomic mass is 32.1. The summed E-state index contributed by atoms with van der Waals surface area (Å²) < 4.78 is 1.49. The fourth-order valence-electron chi connectivity index (χ4n) is 2.26. The van der Waals surface area contributed by atoms with Gasteiger partial charge < -0.3 is 20.7 Å². The van der Waals surface area contributed by atoms with Crippen LogP contribution in [0.1, 0.15) is 18.9 Å². The Morgan fingerprint density at radius 1 is 1.30 bits per heavy atom. The third-order valence-electron chi connectivity index (χ3n) is 3.40. The van der Waals surface area contributed by atoms with E-state index in [4.69, 9.17) is 0 Å². The van der Waals surface area contributed by atoms with Crippen molar-refractivity contribution in [2.75, 3.05) is 17.2 Å². The minimum atomic E-state index is -0.410. The van der Waals surface area contributed by atoms with Crippen molar-refractivity contribution in [3.8, 4) is 0 Å². The molecule has 23 heavy (non-hydrogen) atoms. The van der Waals surface area contributed by atoms with E-state index in [0.29, 0.717) is 17.3 Å². The van der Waals surface area contributed by atoms with E-state index in [0.717, 1.165) is 24.2 Å². The molecule has 0 aliphatic heterocycles. The van der Waals surface area contributed by atoms with Gasteiger partial charge in [-0.3, -0.25) is 0 Å². The molecule has 0 fully saturated rings. The van der Waals surface area contributed by atoms with Crippen LogP contribution in [-0.4, -0.2) is 20.9 Å². The lowest BCUT2D eigenvalue weighted by atomic mass is 10.2. The Morgan fingerprint density at radius 2 is 2.09 bits per heavy atom. The molecule has 0 aliphatic carbocycles. The SMILES string of the molecule is CCCNc1ccc(CNc2nc3sccn3c2[N+](=O)[O-])cc1. The number of benzene rings is 1. The number of thiazole rings is 1. The van der Waals surface area contributed by atoms with Crippen molar-refractivity contribution < 1.29 is 4.92 Å². The maximum absolute atomic E-state index is 11.3. The number of anilines is 2. The van der Waals surface area contributed by atoms with Gasteiger partial charge in [0.15, 0.2) is 0 Å². The Labute approximate surface area is 137 Å². The number of nitro groups is 1. The first-order chi connectivity index (χ1) is 11.2. The van der Waals surface area contributed by atoms with Crippen molar-refractivity contribution in [2.45, 2.75) is 19.9 Å². The average molecular weight is 331 g/mol. The highest BCUT2D eigenvalue weighted by Gasteiger charge is 2.23. The van der Waals surface area contributed by atoms with E-state index in [9.17, 15) is 10.1 Å². The van der Waals surface area contributed by atoms with Crippen LogP contribution in [0.25, 0.3) is 4.96 Å². The Kier molecular flexibility index (Phi) is 4.42. The van der Waals surface area contributed by atoms with Gasteiger partial charge in [-0.05, 0) is 29.0 Å². The van der Waals surface area contributed by atoms with Crippen LogP contribution in [0, 0.1) is 10.1 Å². The minimum absolute atomic E-state index is 0.0255. The average Bonchev–Trinajstić information content (AvgIpc) is 3.11. The fraction of sp³-hybridized carbons (Fsp3) is 0.267. The van der Waals surface area contributed by atoms with Gasteiger partial charge in [0.25, 0.3) is 4.96 Å². The molecule has 0 aliphatic rings. The fourth-order valence-corrected chi connectivity index (χ4v) is 2.97. The summed E-state index contributed by atoms with van der Waals surface area (Å²) in [7, 11) is 0. The number of fused-ring (bicyclic) bond motifs is 1. The number of hydrogen-bond donors (Lipinski definition) is 2. The number of aromatic nitrogens is 2. The van der Waals surface area contributed by atoms with Gasteiger partial charge in [0.05, 0.1) is 0 Å². The zero-order valence-electron chi connectivity index (χ0n) is 12.7. The molecule has 0 unspecified atom stereocenters. The minimum Gasteiger partial charge on any atom is -0.385 e. The molecular weight excluding hydrogens is 314 g/mol. The lowest BCUT2D eigenvalue weighted by molar-refractivity contribution is -0.389. The Bertz CT molecular complexity index is 809. The molecule has 3 aromatic rings. The van der Waals surface area contributed by atoms with Gasteiger partial charge in [-0.15, -0.1) is 0 Å². The van der Waals surface area contributed by atoms with Crippen molar-refractivity contribution in [3.63, 3.8) is 0 Å². The van der Waals surface area contributed by atoms with Gasteiger partial charge in [-0.2, -0.15) is 9.38 Å². The summed E-state index contributed by atoms with van der Waals surface area (Å²) in [5.41, 5.74) is 2.11. The molecule has 2 heterocycles. The van der Waals surface area contributed by atoms with E-state index in [1.165, 1.54) is 15.7 Å². The van der Waals surface area contributed by atoms with E-state index in [1.54, 1.807) is 11.6 Å². The predicted molar refractivity (Wildman–Crippen MR) is 92.3 cm³/mol. The standard InChI is InChI=1S/C15H17N5O2S/c1-2-7-16-12-5-3-11(4-6-12)10-17-13-14(20(21)22)19-8-9-23-15(19)18-13/h3-6,8-9,16-17H,2,7,10H2,1H3. The van der Waals surface area contributed by atoms with Crippen molar-refractivity contribution in [3.05, 3.63) is 51.5 Å². The van der Waals surface area contributed by atoms with Gasteiger partial charge in [0, 0.05) is 24.2 Å². The molecule has 1 aromatic carbocycles. The second-order valence-electron chi connectivity index (χ2n) is 5.07. The summed E-state index contributed by atoms with van der Waals surface area (Å²) in [4.78, 5) is 15.7. The largest absolute Gasteiger partial charge is 0.385 e. The maximum Gasteiger partial charge on any atom is 0.372 e. The summed E-state index contributed by atoms with van der Waals surface area (Å²) in [5, 5.41) is 19.4. The second kappa shape index (κ2) is 6.66. The molecule has 120 valence electrons. The van der Waals surface area contributed by atoms with Crippen LogP contribution in [-0.2, 0) is 6.54 Å². The van der Waals surface area contributed by atoms with Gasteiger partial charge in [-0.1, -0.05) is 30.4 Å². The molecule has 8 heteroatoms. The molecule has 0 radical (unpaired) electrons. The molecule has 0 spiro atoms. The molecule has 0 amide bonds. The molecule has 0 atom stereocenters. The van der Waals surface area contributed by atoms with E-state index in [-0.39, 0.29) is 5.82 Å². The maximum atomic E-state index is 11.3. The van der Waals surface area contributed by atoms with Crippen LogP contribution < -0.4 is 10.6 Å². The van der Waals surface area contributed by atoms with E-state index in [2.05, 4.69) is 22.5 Å². The first-order valence-corrected chi connectivity index (χ1v) is 8.23. The molecular formula is C15H17N5O2S. The summed E-state index contributed by atoms with van der Waals surface area (Å²) >= 11 is 1.37. The van der Waals surface area contributed by atoms with Crippen LogP contribution in [0.4, 0.5) is 17.3 Å². The van der Waals surface area contributed by atoms with Crippen LogP contribution in [0.15, 0.2) is 35.8 Å². The number of imidazole rings is 1. The Balaban J connectivity index is 1.72. The first-order valence-electron chi connectivity index (χ1n) is 7.35. The number of rotatable bonds is 7. The molecule has 2 aromatic heterocycles. The number of nitrogens with zero attached hydrogens (tertiary/aromatic N) is 3. The third-order valence-corrected chi connectivity index (χ3v) is 4.16. The topological polar surface area (TPSA) is 84.5 Å². The number of hydrogen-bond acceptors (Lipinski definition) is 6. The van der Waals surface area contributed by atoms with Gasteiger partial charge in [0.1, 0.15) is 6.20 Å². The smallest absolute Gasteiger partial charge is 0.372 e. The Hall–Kier alpha value is -2.61.